The molecule has 19 heavy (non-hydrogen) atoms. The van der Waals surface area contributed by atoms with Crippen LogP contribution in [0, 0.1) is 6.92 Å². The molecule has 0 aliphatic carbocycles. The lowest BCUT2D eigenvalue weighted by Gasteiger charge is -2.23. The number of nitrogens with zero attached hydrogens (tertiary/aromatic N) is 3. The van der Waals surface area contributed by atoms with E-state index < -0.39 is 0 Å². The van der Waals surface area contributed by atoms with Crippen molar-refractivity contribution >= 4 is 17.5 Å². The van der Waals surface area contributed by atoms with Crippen LogP contribution >= 0.6 is 11.6 Å². The second kappa shape index (κ2) is 6.91. The van der Waals surface area contributed by atoms with Gasteiger partial charge in [0.25, 0.3) is 5.91 Å². The highest BCUT2D eigenvalue weighted by atomic mass is 35.5. The summed E-state index contributed by atoms with van der Waals surface area (Å²) in [5.41, 5.74) is 1.09. The van der Waals surface area contributed by atoms with Crippen molar-refractivity contribution in [2.75, 3.05) is 19.6 Å². The second-order valence-corrected chi connectivity index (χ2v) is 5.11. The number of amides is 1. The summed E-state index contributed by atoms with van der Waals surface area (Å²) in [4.78, 5) is 14.5. The minimum atomic E-state index is -0.173. The van der Waals surface area contributed by atoms with Crippen LogP contribution < -0.4 is 5.32 Å². The third-order valence-corrected chi connectivity index (χ3v) is 3.62. The lowest BCUT2D eigenvalue weighted by Crippen LogP contribution is -2.42. The van der Waals surface area contributed by atoms with Crippen LogP contribution in [-0.2, 0) is 7.05 Å². The van der Waals surface area contributed by atoms with Crippen molar-refractivity contribution in [3.05, 3.63) is 16.4 Å². The van der Waals surface area contributed by atoms with Crippen molar-refractivity contribution in [1.82, 2.24) is 20.0 Å². The quantitative estimate of drug-likeness (QED) is 0.868. The van der Waals surface area contributed by atoms with Crippen LogP contribution in [0.5, 0.6) is 0 Å². The Bertz CT molecular complexity index is 440. The molecule has 1 rings (SSSR count). The van der Waals surface area contributed by atoms with E-state index in [0.29, 0.717) is 16.4 Å². The first kappa shape index (κ1) is 16.0. The highest BCUT2D eigenvalue weighted by Gasteiger charge is 2.20. The summed E-state index contributed by atoms with van der Waals surface area (Å²) in [6.45, 7) is 10.8. The Kier molecular flexibility index (Phi) is 5.82. The van der Waals surface area contributed by atoms with E-state index in [1.807, 2.05) is 6.92 Å². The zero-order chi connectivity index (χ0) is 14.6. The van der Waals surface area contributed by atoms with Gasteiger partial charge in [0.1, 0.15) is 5.69 Å². The Labute approximate surface area is 119 Å². The molecule has 1 amide bonds. The van der Waals surface area contributed by atoms with Gasteiger partial charge in [-0.25, -0.2) is 0 Å². The van der Waals surface area contributed by atoms with Gasteiger partial charge in [0.05, 0.1) is 10.7 Å². The first-order valence-electron chi connectivity index (χ1n) is 6.62. The Balaban J connectivity index is 2.69. The van der Waals surface area contributed by atoms with Gasteiger partial charge in [-0.05, 0) is 26.9 Å². The normalized spacial score (nSPS) is 12.8. The van der Waals surface area contributed by atoms with Crippen molar-refractivity contribution in [3.63, 3.8) is 0 Å². The van der Waals surface area contributed by atoms with Crippen molar-refractivity contribution in [2.24, 2.45) is 7.05 Å². The molecule has 0 aliphatic rings. The highest BCUT2D eigenvalue weighted by Crippen LogP contribution is 2.19. The molecule has 6 heteroatoms. The summed E-state index contributed by atoms with van der Waals surface area (Å²) in [6, 6.07) is 0.0682. The topological polar surface area (TPSA) is 50.2 Å². The molecule has 0 spiro atoms. The van der Waals surface area contributed by atoms with E-state index in [1.54, 1.807) is 14.0 Å². The number of aryl methyl sites for hydroxylation is 2. The van der Waals surface area contributed by atoms with Crippen molar-refractivity contribution < 1.29 is 4.79 Å². The molecule has 0 aromatic carbocycles. The van der Waals surface area contributed by atoms with Crippen molar-refractivity contribution in [3.8, 4) is 0 Å². The smallest absolute Gasteiger partial charge is 0.271 e. The SMILES string of the molecule is CCN(CC)C[C@@H](C)NC(=O)c1c(Cl)c(C)nn1C. The number of likely N-dealkylation sites (N-methyl/N-ethyl adjacent to an activating group) is 1. The van der Waals surface area contributed by atoms with Gasteiger partial charge < -0.3 is 10.2 Å². The third-order valence-electron chi connectivity index (χ3n) is 3.17. The molecule has 1 aromatic heterocycles. The molecule has 0 bridgehead atoms. The van der Waals surface area contributed by atoms with Crippen LogP contribution in [0.25, 0.3) is 0 Å². The summed E-state index contributed by atoms with van der Waals surface area (Å²) in [6.07, 6.45) is 0. The Morgan fingerprint density at radius 1 is 1.47 bits per heavy atom. The standard InChI is InChI=1S/C13H23ClN4O/c1-6-18(7-2)8-9(3)15-13(19)12-11(14)10(4)16-17(12)5/h9H,6-8H2,1-5H3,(H,15,19)/t9-/m1/s1. The molecular weight excluding hydrogens is 264 g/mol. The predicted octanol–water partition coefficient (Wildman–Crippen LogP) is 1.84. The molecule has 5 nitrogen and oxygen atoms in total. The Morgan fingerprint density at radius 3 is 2.47 bits per heavy atom. The molecule has 0 unspecified atom stereocenters. The largest absolute Gasteiger partial charge is 0.347 e. The number of aromatic nitrogens is 2. The number of rotatable bonds is 6. The molecular formula is C13H23ClN4O. The molecule has 1 N–H and O–H groups in total. The average molecular weight is 287 g/mol. The van der Waals surface area contributed by atoms with Gasteiger partial charge in [0.15, 0.2) is 0 Å². The minimum absolute atomic E-state index is 0.0682. The molecule has 1 aromatic rings. The van der Waals surface area contributed by atoms with Gasteiger partial charge >= 0.3 is 0 Å². The average Bonchev–Trinajstić information content (AvgIpc) is 2.60. The molecule has 108 valence electrons. The van der Waals surface area contributed by atoms with Gasteiger partial charge in [-0.2, -0.15) is 5.10 Å². The molecule has 0 saturated heterocycles. The Morgan fingerprint density at radius 2 is 2.05 bits per heavy atom. The monoisotopic (exact) mass is 286 g/mol. The highest BCUT2D eigenvalue weighted by molar-refractivity contribution is 6.34. The summed E-state index contributed by atoms with van der Waals surface area (Å²) in [5, 5.41) is 7.54. The van der Waals surface area contributed by atoms with Crippen LogP contribution in [-0.4, -0.2) is 46.3 Å². The minimum Gasteiger partial charge on any atom is -0.347 e. The molecule has 0 radical (unpaired) electrons. The summed E-state index contributed by atoms with van der Waals surface area (Å²) >= 11 is 6.10. The molecule has 1 heterocycles. The van der Waals surface area contributed by atoms with Gasteiger partial charge in [0, 0.05) is 19.6 Å². The molecule has 0 fully saturated rings. The maximum Gasteiger partial charge on any atom is 0.271 e. The number of carbonyl (C=O) groups excluding carboxylic acids is 1. The fraction of sp³-hybridized carbons (Fsp3) is 0.692. The number of carbonyl (C=O) groups is 1. The molecule has 0 aliphatic heterocycles. The van der Waals surface area contributed by atoms with Crippen molar-refractivity contribution in [1.29, 1.82) is 0 Å². The lowest BCUT2D eigenvalue weighted by atomic mass is 10.2. The maximum atomic E-state index is 12.2. The van der Waals surface area contributed by atoms with E-state index >= 15 is 0 Å². The zero-order valence-electron chi connectivity index (χ0n) is 12.3. The zero-order valence-corrected chi connectivity index (χ0v) is 13.1. The van der Waals surface area contributed by atoms with E-state index in [4.69, 9.17) is 11.6 Å². The van der Waals surface area contributed by atoms with Crippen molar-refractivity contribution in [2.45, 2.75) is 33.7 Å². The van der Waals surface area contributed by atoms with Gasteiger partial charge in [-0.3, -0.25) is 9.48 Å². The molecule has 1 atom stereocenters. The van der Waals surface area contributed by atoms with E-state index in [9.17, 15) is 4.79 Å². The first-order valence-corrected chi connectivity index (χ1v) is 7.00. The predicted molar refractivity (Wildman–Crippen MR) is 77.7 cm³/mol. The summed E-state index contributed by atoms with van der Waals surface area (Å²) < 4.78 is 1.52. The second-order valence-electron chi connectivity index (χ2n) is 4.73. The van der Waals surface area contributed by atoms with Gasteiger partial charge in [0.2, 0.25) is 0 Å². The first-order chi connectivity index (χ1) is 8.90. The number of nitrogens with one attached hydrogen (secondary N) is 1. The van der Waals surface area contributed by atoms with Crippen LogP contribution in [0.1, 0.15) is 37.0 Å². The van der Waals surface area contributed by atoms with E-state index in [1.165, 1.54) is 4.68 Å². The van der Waals surface area contributed by atoms with E-state index in [2.05, 4.69) is 29.2 Å². The van der Waals surface area contributed by atoms with Gasteiger partial charge in [-0.15, -0.1) is 0 Å². The fourth-order valence-corrected chi connectivity index (χ4v) is 2.33. The summed E-state index contributed by atoms with van der Waals surface area (Å²) in [7, 11) is 1.73. The number of hydrogen-bond donors (Lipinski definition) is 1. The number of halogens is 1. The van der Waals surface area contributed by atoms with Crippen LogP contribution in [0.15, 0.2) is 0 Å². The van der Waals surface area contributed by atoms with Crippen LogP contribution in [0.3, 0.4) is 0 Å². The summed E-state index contributed by atoms with van der Waals surface area (Å²) in [5.74, 6) is -0.173. The van der Waals surface area contributed by atoms with Gasteiger partial charge in [-0.1, -0.05) is 25.4 Å². The van der Waals surface area contributed by atoms with Crippen LogP contribution in [0.2, 0.25) is 5.02 Å². The number of hydrogen-bond acceptors (Lipinski definition) is 3. The maximum absolute atomic E-state index is 12.2. The van der Waals surface area contributed by atoms with E-state index in [0.717, 1.165) is 19.6 Å². The lowest BCUT2D eigenvalue weighted by molar-refractivity contribution is 0.0921. The molecule has 0 saturated carbocycles. The van der Waals surface area contributed by atoms with Crippen LogP contribution in [0.4, 0.5) is 0 Å². The fourth-order valence-electron chi connectivity index (χ4n) is 2.09. The van der Waals surface area contributed by atoms with E-state index in [-0.39, 0.29) is 11.9 Å². The third kappa shape index (κ3) is 3.94. The Hall–Kier alpha value is -1.07.